The summed E-state index contributed by atoms with van der Waals surface area (Å²) < 4.78 is 5.40. The molecule has 0 radical (unpaired) electrons. The lowest BCUT2D eigenvalue weighted by Gasteiger charge is -2.23. The van der Waals surface area contributed by atoms with E-state index in [1.165, 1.54) is 0 Å². The standard InChI is InChI=1S/C14H21NO3/c1-10(2)13(14(15)17)12(16)9-18-8-11-6-4-3-5-7-11/h3-7,10,12-13,16H,8-9H2,1-2H3,(H2,15,17)/t12-,13+/m0/s1. The summed E-state index contributed by atoms with van der Waals surface area (Å²) in [4.78, 5) is 11.2. The highest BCUT2D eigenvalue weighted by molar-refractivity contribution is 5.77. The molecule has 1 amide bonds. The van der Waals surface area contributed by atoms with Crippen LogP contribution in [0.25, 0.3) is 0 Å². The summed E-state index contributed by atoms with van der Waals surface area (Å²) in [6.07, 6.45) is -0.855. The number of aliphatic hydroxyl groups is 1. The van der Waals surface area contributed by atoms with E-state index in [2.05, 4.69) is 0 Å². The molecule has 0 aliphatic rings. The van der Waals surface area contributed by atoms with Gasteiger partial charge < -0.3 is 15.6 Å². The van der Waals surface area contributed by atoms with Gasteiger partial charge in [-0.15, -0.1) is 0 Å². The van der Waals surface area contributed by atoms with Crippen molar-refractivity contribution in [3.8, 4) is 0 Å². The second kappa shape index (κ2) is 7.13. The molecule has 2 atom stereocenters. The molecule has 0 aromatic heterocycles. The van der Waals surface area contributed by atoms with Crippen molar-refractivity contribution in [1.29, 1.82) is 0 Å². The van der Waals surface area contributed by atoms with Crippen molar-refractivity contribution >= 4 is 5.91 Å². The molecule has 0 saturated heterocycles. The van der Waals surface area contributed by atoms with E-state index in [0.717, 1.165) is 5.56 Å². The summed E-state index contributed by atoms with van der Waals surface area (Å²) in [5.41, 5.74) is 6.30. The minimum atomic E-state index is -0.855. The van der Waals surface area contributed by atoms with Crippen LogP contribution in [0.1, 0.15) is 19.4 Å². The number of hydrogen-bond acceptors (Lipinski definition) is 3. The third-order valence-corrected chi connectivity index (χ3v) is 2.86. The first-order chi connectivity index (χ1) is 8.52. The second-order valence-electron chi connectivity index (χ2n) is 4.74. The van der Waals surface area contributed by atoms with Gasteiger partial charge in [0.2, 0.25) is 5.91 Å². The number of carbonyl (C=O) groups excluding carboxylic acids is 1. The van der Waals surface area contributed by atoms with Crippen molar-refractivity contribution in [3.63, 3.8) is 0 Å². The maximum atomic E-state index is 11.2. The van der Waals surface area contributed by atoms with Crippen LogP contribution < -0.4 is 5.73 Å². The van der Waals surface area contributed by atoms with Crippen molar-refractivity contribution in [3.05, 3.63) is 35.9 Å². The molecule has 4 heteroatoms. The zero-order valence-corrected chi connectivity index (χ0v) is 10.9. The van der Waals surface area contributed by atoms with Gasteiger partial charge in [-0.3, -0.25) is 4.79 Å². The van der Waals surface area contributed by atoms with Crippen LogP contribution in [-0.2, 0) is 16.1 Å². The maximum absolute atomic E-state index is 11.2. The summed E-state index contributed by atoms with van der Waals surface area (Å²) in [7, 11) is 0. The van der Waals surface area contributed by atoms with Crippen molar-refractivity contribution < 1.29 is 14.6 Å². The van der Waals surface area contributed by atoms with Gasteiger partial charge >= 0.3 is 0 Å². The Morgan fingerprint density at radius 2 is 1.94 bits per heavy atom. The van der Waals surface area contributed by atoms with E-state index in [1.54, 1.807) is 0 Å². The smallest absolute Gasteiger partial charge is 0.223 e. The van der Waals surface area contributed by atoms with Crippen LogP contribution in [-0.4, -0.2) is 23.7 Å². The molecule has 0 aliphatic carbocycles. The predicted molar refractivity (Wildman–Crippen MR) is 69.6 cm³/mol. The fraction of sp³-hybridized carbons (Fsp3) is 0.500. The predicted octanol–water partition coefficient (Wildman–Crippen LogP) is 1.32. The highest BCUT2D eigenvalue weighted by atomic mass is 16.5. The van der Waals surface area contributed by atoms with Gasteiger partial charge in [0.25, 0.3) is 0 Å². The van der Waals surface area contributed by atoms with Crippen molar-refractivity contribution in [2.45, 2.75) is 26.6 Å². The molecule has 100 valence electrons. The van der Waals surface area contributed by atoms with E-state index in [-0.39, 0.29) is 12.5 Å². The number of nitrogens with two attached hydrogens (primary N) is 1. The number of carbonyl (C=O) groups is 1. The zero-order chi connectivity index (χ0) is 13.5. The molecule has 1 aromatic rings. The van der Waals surface area contributed by atoms with E-state index in [9.17, 15) is 9.90 Å². The minimum Gasteiger partial charge on any atom is -0.390 e. The largest absolute Gasteiger partial charge is 0.390 e. The SMILES string of the molecule is CC(C)[C@@H](C(N)=O)[C@@H](O)COCc1ccccc1. The monoisotopic (exact) mass is 251 g/mol. The van der Waals surface area contributed by atoms with E-state index >= 15 is 0 Å². The number of primary amides is 1. The summed E-state index contributed by atoms with van der Waals surface area (Å²) in [6, 6.07) is 9.67. The Labute approximate surface area is 108 Å². The Hall–Kier alpha value is -1.39. The van der Waals surface area contributed by atoms with Gasteiger partial charge in [-0.1, -0.05) is 44.2 Å². The van der Waals surface area contributed by atoms with Gasteiger partial charge in [-0.25, -0.2) is 0 Å². The summed E-state index contributed by atoms with van der Waals surface area (Å²) in [5, 5.41) is 9.90. The zero-order valence-electron chi connectivity index (χ0n) is 10.9. The van der Waals surface area contributed by atoms with Gasteiger partial charge in [0.1, 0.15) is 0 Å². The maximum Gasteiger partial charge on any atom is 0.223 e. The molecule has 0 fully saturated rings. The van der Waals surface area contributed by atoms with Crippen LogP contribution in [0.2, 0.25) is 0 Å². The Bertz CT molecular complexity index is 365. The second-order valence-corrected chi connectivity index (χ2v) is 4.74. The molecule has 0 aliphatic heterocycles. The molecule has 4 nitrogen and oxygen atoms in total. The molecular formula is C14H21NO3. The first-order valence-corrected chi connectivity index (χ1v) is 6.11. The first-order valence-electron chi connectivity index (χ1n) is 6.11. The average molecular weight is 251 g/mol. The lowest BCUT2D eigenvalue weighted by atomic mass is 9.90. The van der Waals surface area contributed by atoms with E-state index in [0.29, 0.717) is 6.61 Å². The highest BCUT2D eigenvalue weighted by Gasteiger charge is 2.27. The van der Waals surface area contributed by atoms with E-state index < -0.39 is 17.9 Å². The Morgan fingerprint density at radius 1 is 1.33 bits per heavy atom. The third kappa shape index (κ3) is 4.47. The van der Waals surface area contributed by atoms with Crippen molar-refractivity contribution in [1.82, 2.24) is 0 Å². The molecule has 3 N–H and O–H groups in total. The number of hydrogen-bond donors (Lipinski definition) is 2. The average Bonchev–Trinajstić information content (AvgIpc) is 2.29. The van der Waals surface area contributed by atoms with Crippen LogP contribution in [0.3, 0.4) is 0 Å². The number of rotatable bonds is 7. The fourth-order valence-corrected chi connectivity index (χ4v) is 1.94. The van der Waals surface area contributed by atoms with Crippen LogP contribution >= 0.6 is 0 Å². The Morgan fingerprint density at radius 3 is 2.44 bits per heavy atom. The number of aliphatic hydroxyl groups excluding tert-OH is 1. The van der Waals surface area contributed by atoms with Gasteiger partial charge in [0.15, 0.2) is 0 Å². The topological polar surface area (TPSA) is 72.6 Å². The van der Waals surface area contributed by atoms with Crippen LogP contribution in [0.4, 0.5) is 0 Å². The highest BCUT2D eigenvalue weighted by Crippen LogP contribution is 2.15. The van der Waals surface area contributed by atoms with Gasteiger partial charge in [-0.05, 0) is 11.5 Å². The molecule has 1 rings (SSSR count). The third-order valence-electron chi connectivity index (χ3n) is 2.86. The van der Waals surface area contributed by atoms with E-state index in [1.807, 2.05) is 44.2 Å². The molecular weight excluding hydrogens is 230 g/mol. The van der Waals surface area contributed by atoms with Gasteiger partial charge in [0, 0.05) is 0 Å². The molecule has 0 heterocycles. The summed E-state index contributed by atoms with van der Waals surface area (Å²) >= 11 is 0. The summed E-state index contributed by atoms with van der Waals surface area (Å²) in [6.45, 7) is 4.24. The fourth-order valence-electron chi connectivity index (χ4n) is 1.94. The van der Waals surface area contributed by atoms with Crippen molar-refractivity contribution in [2.24, 2.45) is 17.6 Å². The first kappa shape index (κ1) is 14.7. The quantitative estimate of drug-likeness (QED) is 0.767. The summed E-state index contributed by atoms with van der Waals surface area (Å²) in [5.74, 6) is -1.06. The Kier molecular flexibility index (Phi) is 5.82. The number of benzene rings is 1. The van der Waals surface area contributed by atoms with E-state index in [4.69, 9.17) is 10.5 Å². The molecule has 18 heavy (non-hydrogen) atoms. The molecule has 0 spiro atoms. The van der Waals surface area contributed by atoms with Crippen molar-refractivity contribution in [2.75, 3.05) is 6.61 Å². The van der Waals surface area contributed by atoms with Crippen LogP contribution in [0, 0.1) is 11.8 Å². The molecule has 0 saturated carbocycles. The van der Waals surface area contributed by atoms with Crippen LogP contribution in [0.15, 0.2) is 30.3 Å². The normalized spacial score (nSPS) is 14.4. The van der Waals surface area contributed by atoms with Gasteiger partial charge in [-0.2, -0.15) is 0 Å². The Balaban J connectivity index is 2.40. The minimum absolute atomic E-state index is 0.00201. The lowest BCUT2D eigenvalue weighted by molar-refractivity contribution is -0.129. The number of amides is 1. The molecule has 1 aromatic carbocycles. The number of ether oxygens (including phenoxy) is 1. The van der Waals surface area contributed by atoms with Crippen LogP contribution in [0.5, 0.6) is 0 Å². The molecule has 0 bridgehead atoms. The molecule has 0 unspecified atom stereocenters. The lowest BCUT2D eigenvalue weighted by Crippen LogP contribution is -2.39. The van der Waals surface area contributed by atoms with Gasteiger partial charge in [0.05, 0.1) is 25.2 Å².